The van der Waals surface area contributed by atoms with Gasteiger partial charge in [0.05, 0.1) is 6.54 Å². The fourth-order valence-corrected chi connectivity index (χ4v) is 2.28. The van der Waals surface area contributed by atoms with Gasteiger partial charge in [-0.2, -0.15) is 0 Å². The van der Waals surface area contributed by atoms with E-state index in [0.717, 1.165) is 11.1 Å². The number of carbonyl (C=O) groups is 3. The van der Waals surface area contributed by atoms with Crippen molar-refractivity contribution in [3.8, 4) is 0 Å². The summed E-state index contributed by atoms with van der Waals surface area (Å²) < 4.78 is 0. The monoisotopic (exact) mass is 339 g/mol. The van der Waals surface area contributed by atoms with Gasteiger partial charge in [0, 0.05) is 12.0 Å². The summed E-state index contributed by atoms with van der Waals surface area (Å²) in [5, 5.41) is 5.07. The predicted molar refractivity (Wildman–Crippen MR) is 94.8 cm³/mol. The van der Waals surface area contributed by atoms with Crippen molar-refractivity contribution >= 4 is 17.7 Å². The molecule has 0 fully saturated rings. The molecule has 6 heteroatoms. The van der Waals surface area contributed by atoms with E-state index in [1.54, 1.807) is 30.3 Å². The van der Waals surface area contributed by atoms with Gasteiger partial charge >= 0.3 is 0 Å². The normalized spacial score (nSPS) is 11.4. The van der Waals surface area contributed by atoms with Gasteiger partial charge in [0.1, 0.15) is 6.04 Å². The van der Waals surface area contributed by atoms with E-state index in [1.807, 2.05) is 31.2 Å². The van der Waals surface area contributed by atoms with Crippen LogP contribution in [0.5, 0.6) is 0 Å². The minimum Gasteiger partial charge on any atom is -0.368 e. The molecule has 0 saturated carbocycles. The third-order valence-corrected chi connectivity index (χ3v) is 3.68. The number of amides is 3. The van der Waals surface area contributed by atoms with Crippen molar-refractivity contribution in [3.05, 3.63) is 71.3 Å². The minimum atomic E-state index is -0.830. The molecule has 6 nitrogen and oxygen atoms in total. The van der Waals surface area contributed by atoms with Gasteiger partial charge in [-0.25, -0.2) is 0 Å². The molecule has 2 aromatic rings. The summed E-state index contributed by atoms with van der Waals surface area (Å²) in [5.41, 5.74) is 7.82. The molecular weight excluding hydrogens is 318 g/mol. The minimum absolute atomic E-state index is 0.231. The van der Waals surface area contributed by atoms with Gasteiger partial charge in [0.2, 0.25) is 11.8 Å². The molecule has 4 N–H and O–H groups in total. The number of carbonyl (C=O) groups excluding carboxylic acids is 3. The van der Waals surface area contributed by atoms with Crippen LogP contribution in [-0.4, -0.2) is 30.3 Å². The second-order valence-corrected chi connectivity index (χ2v) is 5.76. The summed E-state index contributed by atoms with van der Waals surface area (Å²) >= 11 is 0. The molecule has 0 radical (unpaired) electrons. The smallest absolute Gasteiger partial charge is 0.251 e. The maximum absolute atomic E-state index is 12.0. The standard InChI is InChI=1S/C19H21N3O3/c1-13-7-9-14(10-8-13)11-16(18(20)24)22-17(23)12-21-19(25)15-5-3-2-4-6-15/h2-10,16H,11-12H2,1H3,(H2,20,24)(H,21,25)(H,22,23)/t16-/m0/s1. The van der Waals surface area contributed by atoms with Gasteiger partial charge in [-0.3, -0.25) is 14.4 Å². The van der Waals surface area contributed by atoms with Crippen LogP contribution in [0.25, 0.3) is 0 Å². The molecule has 0 bridgehead atoms. The number of nitrogens with two attached hydrogens (primary N) is 1. The van der Waals surface area contributed by atoms with Gasteiger partial charge in [0.25, 0.3) is 5.91 Å². The van der Waals surface area contributed by atoms with E-state index < -0.39 is 17.9 Å². The van der Waals surface area contributed by atoms with Gasteiger partial charge < -0.3 is 16.4 Å². The Balaban J connectivity index is 1.88. The Morgan fingerprint density at radius 1 is 1.00 bits per heavy atom. The molecule has 0 spiro atoms. The van der Waals surface area contributed by atoms with E-state index in [9.17, 15) is 14.4 Å². The van der Waals surface area contributed by atoms with Crippen molar-refractivity contribution in [2.45, 2.75) is 19.4 Å². The summed E-state index contributed by atoms with van der Waals surface area (Å²) in [6.07, 6.45) is 0.300. The van der Waals surface area contributed by atoms with Crippen LogP contribution < -0.4 is 16.4 Å². The van der Waals surface area contributed by atoms with E-state index >= 15 is 0 Å². The lowest BCUT2D eigenvalue weighted by Crippen LogP contribution is -2.49. The number of benzene rings is 2. The largest absolute Gasteiger partial charge is 0.368 e. The van der Waals surface area contributed by atoms with E-state index in [4.69, 9.17) is 5.73 Å². The van der Waals surface area contributed by atoms with Gasteiger partial charge in [-0.15, -0.1) is 0 Å². The van der Waals surface area contributed by atoms with Crippen molar-refractivity contribution in [2.75, 3.05) is 6.54 Å². The first-order chi connectivity index (χ1) is 12.0. The molecule has 3 amide bonds. The van der Waals surface area contributed by atoms with Crippen molar-refractivity contribution in [1.29, 1.82) is 0 Å². The number of nitrogens with one attached hydrogen (secondary N) is 2. The lowest BCUT2D eigenvalue weighted by Gasteiger charge is -2.16. The van der Waals surface area contributed by atoms with Gasteiger partial charge in [-0.1, -0.05) is 48.0 Å². The van der Waals surface area contributed by atoms with Crippen LogP contribution in [0.1, 0.15) is 21.5 Å². The molecule has 0 heterocycles. The zero-order valence-electron chi connectivity index (χ0n) is 14.0. The molecule has 2 rings (SSSR count). The molecule has 2 aromatic carbocycles. The number of primary amides is 1. The van der Waals surface area contributed by atoms with Crippen LogP contribution in [0.15, 0.2) is 54.6 Å². The molecule has 0 aromatic heterocycles. The Kier molecular flexibility index (Phi) is 6.28. The van der Waals surface area contributed by atoms with Crippen LogP contribution in [0, 0.1) is 6.92 Å². The summed E-state index contributed by atoms with van der Waals surface area (Å²) in [6.45, 7) is 1.73. The summed E-state index contributed by atoms with van der Waals surface area (Å²) in [6, 6.07) is 15.4. The number of rotatable bonds is 7. The molecule has 1 atom stereocenters. The topological polar surface area (TPSA) is 101 Å². The molecule has 0 saturated heterocycles. The number of hydrogen-bond donors (Lipinski definition) is 3. The van der Waals surface area contributed by atoms with E-state index in [0.29, 0.717) is 12.0 Å². The number of hydrogen-bond acceptors (Lipinski definition) is 3. The molecule has 0 unspecified atom stereocenters. The molecule has 0 aliphatic heterocycles. The summed E-state index contributed by atoms with van der Waals surface area (Å²) in [4.78, 5) is 35.5. The lowest BCUT2D eigenvalue weighted by molar-refractivity contribution is -0.126. The highest BCUT2D eigenvalue weighted by Gasteiger charge is 2.19. The Labute approximate surface area is 146 Å². The summed E-state index contributed by atoms with van der Waals surface area (Å²) in [7, 11) is 0. The van der Waals surface area contributed by atoms with Gasteiger partial charge in [0.15, 0.2) is 0 Å². The van der Waals surface area contributed by atoms with Crippen LogP contribution in [-0.2, 0) is 16.0 Å². The van der Waals surface area contributed by atoms with Gasteiger partial charge in [-0.05, 0) is 24.6 Å². The SMILES string of the molecule is Cc1ccc(C[C@H](NC(=O)CNC(=O)c2ccccc2)C(N)=O)cc1. The van der Waals surface area contributed by atoms with Crippen molar-refractivity contribution < 1.29 is 14.4 Å². The average molecular weight is 339 g/mol. The Morgan fingerprint density at radius 2 is 1.64 bits per heavy atom. The first-order valence-electron chi connectivity index (χ1n) is 7.93. The summed E-state index contributed by atoms with van der Waals surface area (Å²) in [5.74, 6) is -1.45. The van der Waals surface area contributed by atoms with E-state index in [2.05, 4.69) is 10.6 Å². The second-order valence-electron chi connectivity index (χ2n) is 5.76. The molecule has 25 heavy (non-hydrogen) atoms. The Morgan fingerprint density at radius 3 is 2.24 bits per heavy atom. The highest BCUT2D eigenvalue weighted by molar-refractivity contribution is 5.97. The van der Waals surface area contributed by atoms with Crippen molar-refractivity contribution in [2.24, 2.45) is 5.73 Å². The maximum atomic E-state index is 12.0. The molecule has 0 aliphatic carbocycles. The fraction of sp³-hybridized carbons (Fsp3) is 0.211. The van der Waals surface area contributed by atoms with Crippen LogP contribution in [0.2, 0.25) is 0 Å². The maximum Gasteiger partial charge on any atom is 0.251 e. The lowest BCUT2D eigenvalue weighted by atomic mass is 10.0. The Hall–Kier alpha value is -3.15. The predicted octanol–water partition coefficient (Wildman–Crippen LogP) is 0.938. The van der Waals surface area contributed by atoms with Crippen LogP contribution in [0.4, 0.5) is 0 Å². The zero-order valence-corrected chi connectivity index (χ0v) is 14.0. The number of aryl methyl sites for hydroxylation is 1. The molecule has 130 valence electrons. The second kappa shape index (κ2) is 8.63. The fourth-order valence-electron chi connectivity index (χ4n) is 2.28. The quantitative estimate of drug-likeness (QED) is 0.699. The highest BCUT2D eigenvalue weighted by Crippen LogP contribution is 2.06. The van der Waals surface area contributed by atoms with Crippen molar-refractivity contribution in [3.63, 3.8) is 0 Å². The highest BCUT2D eigenvalue weighted by atomic mass is 16.2. The Bertz CT molecular complexity index is 742. The molecular formula is C19H21N3O3. The van der Waals surface area contributed by atoms with E-state index in [-0.39, 0.29) is 12.5 Å². The first kappa shape index (κ1) is 18.2. The van der Waals surface area contributed by atoms with Crippen LogP contribution >= 0.6 is 0 Å². The van der Waals surface area contributed by atoms with E-state index in [1.165, 1.54) is 0 Å². The third kappa shape index (κ3) is 5.76. The molecule has 0 aliphatic rings. The average Bonchev–Trinajstić information content (AvgIpc) is 2.61. The van der Waals surface area contributed by atoms with Crippen molar-refractivity contribution in [1.82, 2.24) is 10.6 Å². The third-order valence-electron chi connectivity index (χ3n) is 3.68. The van der Waals surface area contributed by atoms with Crippen LogP contribution in [0.3, 0.4) is 0 Å². The first-order valence-corrected chi connectivity index (χ1v) is 7.93. The zero-order chi connectivity index (χ0) is 18.2.